The van der Waals surface area contributed by atoms with Crippen molar-refractivity contribution in [2.24, 2.45) is 5.10 Å². The second-order valence-electron chi connectivity index (χ2n) is 5.34. The van der Waals surface area contributed by atoms with Crippen LogP contribution < -0.4 is 29.7 Å². The maximum Gasteiger partial charge on any atom is 0.329 e. The molecule has 0 spiro atoms. The lowest BCUT2D eigenvalue weighted by atomic mass is 10.2. The van der Waals surface area contributed by atoms with Gasteiger partial charge >= 0.3 is 11.8 Å². The quantitative estimate of drug-likeness (QED) is 0.469. The van der Waals surface area contributed by atoms with E-state index in [0.717, 1.165) is 0 Å². The van der Waals surface area contributed by atoms with E-state index in [1.807, 2.05) is 0 Å². The number of carbonyl (C=O) groups is 2. The van der Waals surface area contributed by atoms with Gasteiger partial charge in [0.15, 0.2) is 23.0 Å². The summed E-state index contributed by atoms with van der Waals surface area (Å²) in [6.07, 6.45) is 1.39. The Bertz CT molecular complexity index is 897. The van der Waals surface area contributed by atoms with Crippen LogP contribution in [-0.2, 0) is 9.59 Å². The molecule has 0 atom stereocenters. The molecule has 9 heteroatoms. The van der Waals surface area contributed by atoms with Crippen LogP contribution in [0, 0.1) is 0 Å². The van der Waals surface area contributed by atoms with Gasteiger partial charge in [-0.15, -0.1) is 0 Å². The molecule has 0 bridgehead atoms. The van der Waals surface area contributed by atoms with Crippen LogP contribution in [0.3, 0.4) is 0 Å². The third-order valence-electron chi connectivity index (χ3n) is 3.62. The van der Waals surface area contributed by atoms with Crippen LogP contribution in [0.5, 0.6) is 23.0 Å². The second-order valence-corrected chi connectivity index (χ2v) is 5.34. The predicted octanol–water partition coefficient (Wildman–Crippen LogP) is 1.52. The normalized spacial score (nSPS) is 11.9. The number of anilines is 1. The zero-order valence-electron chi connectivity index (χ0n) is 14.6. The molecule has 2 aromatic carbocycles. The van der Waals surface area contributed by atoms with Crippen LogP contribution in [-0.4, -0.2) is 39.0 Å². The molecule has 140 valence electrons. The summed E-state index contributed by atoms with van der Waals surface area (Å²) in [7, 11) is 2.97. The van der Waals surface area contributed by atoms with Crippen LogP contribution in [0.1, 0.15) is 5.56 Å². The highest BCUT2D eigenvalue weighted by molar-refractivity contribution is 6.39. The monoisotopic (exact) mass is 371 g/mol. The molecule has 2 amide bonds. The van der Waals surface area contributed by atoms with E-state index in [1.165, 1.54) is 20.4 Å². The zero-order valence-corrected chi connectivity index (χ0v) is 14.6. The van der Waals surface area contributed by atoms with Gasteiger partial charge in [-0.3, -0.25) is 9.59 Å². The summed E-state index contributed by atoms with van der Waals surface area (Å²) in [5.41, 5.74) is 3.22. The number of amides is 2. The summed E-state index contributed by atoms with van der Waals surface area (Å²) in [6.45, 7) is 0.170. The Hall–Kier alpha value is -3.75. The average molecular weight is 371 g/mol. The first-order valence-electron chi connectivity index (χ1n) is 7.87. The second kappa shape index (κ2) is 8.09. The van der Waals surface area contributed by atoms with Crippen molar-refractivity contribution in [3.63, 3.8) is 0 Å². The molecule has 0 aliphatic carbocycles. The van der Waals surface area contributed by atoms with E-state index in [-0.39, 0.29) is 6.79 Å². The van der Waals surface area contributed by atoms with Gasteiger partial charge in [-0.1, -0.05) is 0 Å². The van der Waals surface area contributed by atoms with Crippen molar-refractivity contribution in [1.82, 2.24) is 5.43 Å². The molecule has 0 saturated heterocycles. The number of benzene rings is 2. The smallest absolute Gasteiger partial charge is 0.329 e. The van der Waals surface area contributed by atoms with Gasteiger partial charge in [0.05, 0.1) is 20.4 Å². The minimum Gasteiger partial charge on any atom is -0.493 e. The summed E-state index contributed by atoms with van der Waals surface area (Å²) in [6, 6.07) is 9.93. The van der Waals surface area contributed by atoms with Gasteiger partial charge < -0.3 is 24.3 Å². The number of fused-ring (bicyclic) bond motifs is 1. The van der Waals surface area contributed by atoms with E-state index in [4.69, 9.17) is 18.9 Å². The first-order valence-corrected chi connectivity index (χ1v) is 7.87. The molecule has 1 aliphatic heterocycles. The molecule has 2 aromatic rings. The first kappa shape index (κ1) is 18.1. The summed E-state index contributed by atoms with van der Waals surface area (Å²) in [4.78, 5) is 23.8. The molecule has 2 N–H and O–H groups in total. The largest absolute Gasteiger partial charge is 0.493 e. The number of rotatable bonds is 5. The van der Waals surface area contributed by atoms with Crippen molar-refractivity contribution in [2.45, 2.75) is 0 Å². The Labute approximate surface area is 154 Å². The van der Waals surface area contributed by atoms with Crippen molar-refractivity contribution in [3.05, 3.63) is 42.0 Å². The van der Waals surface area contributed by atoms with Crippen LogP contribution in [0.15, 0.2) is 41.5 Å². The molecule has 0 unspecified atom stereocenters. The third kappa shape index (κ3) is 4.27. The standard InChI is InChI=1S/C18H17N3O6/c1-24-13-6-4-12(8-15(13)25-2)20-17(22)18(23)21-19-9-11-3-5-14-16(7-11)27-10-26-14/h3-9H,10H2,1-2H3,(H,20,22)(H,21,23)/b19-9-. The fraction of sp³-hybridized carbons (Fsp3) is 0.167. The third-order valence-corrected chi connectivity index (χ3v) is 3.62. The fourth-order valence-corrected chi connectivity index (χ4v) is 2.31. The van der Waals surface area contributed by atoms with Gasteiger partial charge in [-0.2, -0.15) is 5.10 Å². The minimum atomic E-state index is -0.915. The van der Waals surface area contributed by atoms with Gasteiger partial charge in [0.25, 0.3) is 0 Å². The molecule has 0 saturated carbocycles. The molecule has 0 fully saturated rings. The molecule has 1 heterocycles. The highest BCUT2D eigenvalue weighted by atomic mass is 16.7. The van der Waals surface area contributed by atoms with E-state index in [1.54, 1.807) is 36.4 Å². The fourth-order valence-electron chi connectivity index (χ4n) is 2.31. The Morgan fingerprint density at radius 3 is 2.56 bits per heavy atom. The number of hydrazone groups is 1. The van der Waals surface area contributed by atoms with E-state index in [0.29, 0.717) is 34.2 Å². The Morgan fingerprint density at radius 2 is 1.78 bits per heavy atom. The van der Waals surface area contributed by atoms with E-state index < -0.39 is 11.8 Å². The van der Waals surface area contributed by atoms with Crippen molar-refractivity contribution < 1.29 is 28.5 Å². The number of carbonyl (C=O) groups excluding carboxylic acids is 2. The maximum atomic E-state index is 12.0. The number of methoxy groups -OCH3 is 2. The zero-order chi connectivity index (χ0) is 19.2. The van der Waals surface area contributed by atoms with E-state index in [2.05, 4.69) is 15.8 Å². The van der Waals surface area contributed by atoms with Crippen LogP contribution in [0.2, 0.25) is 0 Å². The first-order chi connectivity index (χ1) is 13.1. The van der Waals surface area contributed by atoms with E-state index >= 15 is 0 Å². The molecular formula is C18H17N3O6. The lowest BCUT2D eigenvalue weighted by Crippen LogP contribution is -2.32. The number of nitrogens with one attached hydrogen (secondary N) is 2. The molecule has 3 rings (SSSR count). The van der Waals surface area contributed by atoms with Crippen molar-refractivity contribution in [3.8, 4) is 23.0 Å². The van der Waals surface area contributed by atoms with Crippen molar-refractivity contribution >= 4 is 23.7 Å². The lowest BCUT2D eigenvalue weighted by Gasteiger charge is -2.10. The van der Waals surface area contributed by atoms with Gasteiger partial charge in [-0.25, -0.2) is 5.43 Å². The summed E-state index contributed by atoms with van der Waals surface area (Å²) in [5.74, 6) is 0.388. The van der Waals surface area contributed by atoms with Crippen molar-refractivity contribution in [2.75, 3.05) is 26.3 Å². The molecule has 0 radical (unpaired) electrons. The van der Waals surface area contributed by atoms with Gasteiger partial charge in [0.2, 0.25) is 6.79 Å². The number of hydrogen-bond acceptors (Lipinski definition) is 7. The molecule has 1 aliphatic rings. The minimum absolute atomic E-state index is 0.170. The molecule has 9 nitrogen and oxygen atoms in total. The molecular weight excluding hydrogens is 354 g/mol. The number of nitrogens with zero attached hydrogens (tertiary/aromatic N) is 1. The van der Waals surface area contributed by atoms with Gasteiger partial charge in [0, 0.05) is 11.8 Å². The highest BCUT2D eigenvalue weighted by Gasteiger charge is 2.15. The lowest BCUT2D eigenvalue weighted by molar-refractivity contribution is -0.136. The SMILES string of the molecule is COc1ccc(NC(=O)C(=O)N/N=C\c2ccc3c(c2)OCO3)cc1OC. The maximum absolute atomic E-state index is 12.0. The average Bonchev–Trinajstić information content (AvgIpc) is 3.15. The Morgan fingerprint density at radius 1 is 1.00 bits per heavy atom. The summed E-state index contributed by atoms with van der Waals surface area (Å²) < 4.78 is 20.7. The number of hydrogen-bond donors (Lipinski definition) is 2. The summed E-state index contributed by atoms with van der Waals surface area (Å²) in [5, 5.41) is 6.22. The Balaban J connectivity index is 1.57. The Kier molecular flexibility index (Phi) is 5.41. The highest BCUT2D eigenvalue weighted by Crippen LogP contribution is 2.32. The van der Waals surface area contributed by atoms with Crippen LogP contribution >= 0.6 is 0 Å². The topological polar surface area (TPSA) is 107 Å². The van der Waals surface area contributed by atoms with Crippen LogP contribution in [0.25, 0.3) is 0 Å². The summed E-state index contributed by atoms with van der Waals surface area (Å²) >= 11 is 0. The van der Waals surface area contributed by atoms with Crippen LogP contribution in [0.4, 0.5) is 5.69 Å². The van der Waals surface area contributed by atoms with Crippen molar-refractivity contribution in [1.29, 1.82) is 0 Å². The van der Waals surface area contributed by atoms with Gasteiger partial charge in [-0.05, 0) is 35.9 Å². The molecule has 27 heavy (non-hydrogen) atoms. The van der Waals surface area contributed by atoms with E-state index in [9.17, 15) is 9.59 Å². The molecule has 0 aromatic heterocycles. The predicted molar refractivity (Wildman–Crippen MR) is 96.5 cm³/mol. The van der Waals surface area contributed by atoms with Gasteiger partial charge in [0.1, 0.15) is 0 Å². The number of ether oxygens (including phenoxy) is 4.